The second kappa shape index (κ2) is 3.50. The number of hydrogen-bond acceptors (Lipinski definition) is 3. The SMILES string of the molecule is Cc1ccnc(NC2CC(Cl)C2)n1. The maximum atomic E-state index is 5.86. The smallest absolute Gasteiger partial charge is 0.223 e. The molecule has 0 unspecified atom stereocenters. The number of rotatable bonds is 2. The number of alkyl halides is 1. The molecule has 1 aliphatic carbocycles. The normalized spacial score (nSPS) is 26.6. The Kier molecular flexibility index (Phi) is 2.36. The molecular weight excluding hydrogens is 186 g/mol. The molecule has 0 aliphatic heterocycles. The molecule has 1 fully saturated rings. The van der Waals surface area contributed by atoms with Crippen molar-refractivity contribution in [3.8, 4) is 0 Å². The minimum absolute atomic E-state index is 0.335. The molecule has 0 atom stereocenters. The third-order valence-corrected chi connectivity index (χ3v) is 2.56. The van der Waals surface area contributed by atoms with Gasteiger partial charge in [0.1, 0.15) is 0 Å². The number of nitrogens with zero attached hydrogens (tertiary/aromatic N) is 2. The molecule has 4 heteroatoms. The summed E-state index contributed by atoms with van der Waals surface area (Å²) in [7, 11) is 0. The molecule has 13 heavy (non-hydrogen) atoms. The van der Waals surface area contributed by atoms with Gasteiger partial charge in [-0.2, -0.15) is 0 Å². The average Bonchev–Trinajstić information content (AvgIpc) is 2.01. The molecule has 0 amide bonds. The van der Waals surface area contributed by atoms with Gasteiger partial charge in [0.15, 0.2) is 0 Å². The molecule has 70 valence electrons. The van der Waals surface area contributed by atoms with E-state index in [2.05, 4.69) is 15.3 Å². The first-order valence-corrected chi connectivity index (χ1v) is 4.88. The first-order chi connectivity index (χ1) is 6.24. The number of anilines is 1. The van der Waals surface area contributed by atoms with Gasteiger partial charge in [-0.05, 0) is 25.8 Å². The van der Waals surface area contributed by atoms with Crippen molar-refractivity contribution in [2.24, 2.45) is 0 Å². The lowest BCUT2D eigenvalue weighted by molar-refractivity contribution is 0.452. The van der Waals surface area contributed by atoms with Gasteiger partial charge in [-0.15, -0.1) is 11.6 Å². The lowest BCUT2D eigenvalue weighted by Gasteiger charge is -2.31. The van der Waals surface area contributed by atoms with Crippen molar-refractivity contribution in [3.63, 3.8) is 0 Å². The van der Waals surface area contributed by atoms with Crippen molar-refractivity contribution in [2.75, 3.05) is 5.32 Å². The molecule has 0 spiro atoms. The lowest BCUT2D eigenvalue weighted by Crippen LogP contribution is -2.36. The zero-order valence-electron chi connectivity index (χ0n) is 7.50. The zero-order valence-corrected chi connectivity index (χ0v) is 8.25. The van der Waals surface area contributed by atoms with Crippen LogP contribution in [0.4, 0.5) is 5.95 Å². The fraction of sp³-hybridized carbons (Fsp3) is 0.556. The summed E-state index contributed by atoms with van der Waals surface area (Å²) in [6, 6.07) is 2.35. The van der Waals surface area contributed by atoms with E-state index in [-0.39, 0.29) is 0 Å². The summed E-state index contributed by atoms with van der Waals surface area (Å²) in [4.78, 5) is 8.38. The van der Waals surface area contributed by atoms with Crippen LogP contribution in [0, 0.1) is 6.92 Å². The Bertz CT molecular complexity index is 297. The van der Waals surface area contributed by atoms with Gasteiger partial charge in [-0.1, -0.05) is 0 Å². The quantitative estimate of drug-likeness (QED) is 0.737. The van der Waals surface area contributed by atoms with Crippen molar-refractivity contribution in [2.45, 2.75) is 31.2 Å². The summed E-state index contributed by atoms with van der Waals surface area (Å²) in [5, 5.41) is 3.58. The number of hydrogen-bond donors (Lipinski definition) is 1. The van der Waals surface area contributed by atoms with Gasteiger partial charge in [0.2, 0.25) is 5.95 Å². The molecule has 3 nitrogen and oxygen atoms in total. The van der Waals surface area contributed by atoms with E-state index in [0.717, 1.165) is 18.5 Å². The molecule has 1 aromatic heterocycles. The van der Waals surface area contributed by atoms with Crippen molar-refractivity contribution >= 4 is 17.5 Å². The number of aromatic nitrogens is 2. The van der Waals surface area contributed by atoms with Gasteiger partial charge in [0.25, 0.3) is 0 Å². The number of nitrogens with one attached hydrogen (secondary N) is 1. The highest BCUT2D eigenvalue weighted by Crippen LogP contribution is 2.27. The molecule has 0 bridgehead atoms. The molecule has 0 aromatic carbocycles. The topological polar surface area (TPSA) is 37.8 Å². The Morgan fingerprint density at radius 2 is 2.31 bits per heavy atom. The fourth-order valence-electron chi connectivity index (χ4n) is 1.37. The number of aryl methyl sites for hydroxylation is 1. The molecule has 1 N–H and O–H groups in total. The van der Waals surface area contributed by atoms with Crippen LogP contribution in [0.5, 0.6) is 0 Å². The summed E-state index contributed by atoms with van der Waals surface area (Å²) in [5.41, 5.74) is 0.985. The Labute approximate surface area is 82.5 Å². The molecule has 1 aromatic rings. The van der Waals surface area contributed by atoms with Gasteiger partial charge in [0.05, 0.1) is 0 Å². The molecule has 2 rings (SSSR count). The van der Waals surface area contributed by atoms with Gasteiger partial charge in [-0.3, -0.25) is 0 Å². The summed E-state index contributed by atoms with van der Waals surface area (Å²) >= 11 is 5.86. The number of halogens is 1. The van der Waals surface area contributed by atoms with E-state index in [1.807, 2.05) is 13.0 Å². The predicted octanol–water partition coefficient (Wildman–Crippen LogP) is 1.97. The van der Waals surface area contributed by atoms with Crippen molar-refractivity contribution in [3.05, 3.63) is 18.0 Å². The monoisotopic (exact) mass is 197 g/mol. The van der Waals surface area contributed by atoms with Gasteiger partial charge in [0, 0.05) is 23.3 Å². The van der Waals surface area contributed by atoms with Crippen molar-refractivity contribution in [1.29, 1.82) is 0 Å². The van der Waals surface area contributed by atoms with Crippen LogP contribution in [0.1, 0.15) is 18.5 Å². The Morgan fingerprint density at radius 1 is 1.54 bits per heavy atom. The minimum Gasteiger partial charge on any atom is -0.351 e. The highest BCUT2D eigenvalue weighted by molar-refractivity contribution is 6.21. The Balaban J connectivity index is 1.94. The lowest BCUT2D eigenvalue weighted by atomic mass is 9.93. The molecule has 0 saturated heterocycles. The average molecular weight is 198 g/mol. The van der Waals surface area contributed by atoms with E-state index in [9.17, 15) is 0 Å². The van der Waals surface area contributed by atoms with Crippen LogP contribution in [0.2, 0.25) is 0 Å². The Morgan fingerprint density at radius 3 is 2.92 bits per heavy atom. The van der Waals surface area contributed by atoms with E-state index < -0.39 is 0 Å². The van der Waals surface area contributed by atoms with Gasteiger partial charge >= 0.3 is 0 Å². The predicted molar refractivity (Wildman–Crippen MR) is 53.1 cm³/mol. The molecule has 0 radical (unpaired) electrons. The van der Waals surface area contributed by atoms with Gasteiger partial charge in [-0.25, -0.2) is 9.97 Å². The third kappa shape index (κ3) is 2.10. The molecule has 1 saturated carbocycles. The van der Waals surface area contributed by atoms with E-state index in [4.69, 9.17) is 11.6 Å². The van der Waals surface area contributed by atoms with E-state index in [1.54, 1.807) is 6.20 Å². The summed E-state index contributed by atoms with van der Waals surface area (Å²) < 4.78 is 0. The van der Waals surface area contributed by atoms with E-state index in [1.165, 1.54) is 0 Å². The van der Waals surface area contributed by atoms with Crippen LogP contribution >= 0.6 is 11.6 Å². The van der Waals surface area contributed by atoms with Crippen LogP contribution < -0.4 is 5.32 Å². The minimum atomic E-state index is 0.335. The summed E-state index contributed by atoms with van der Waals surface area (Å²) in [6.07, 6.45) is 3.79. The highest BCUT2D eigenvalue weighted by atomic mass is 35.5. The second-order valence-corrected chi connectivity index (χ2v) is 4.05. The van der Waals surface area contributed by atoms with Crippen LogP contribution in [0.3, 0.4) is 0 Å². The Hall–Kier alpha value is -0.830. The standard InChI is InChI=1S/C9H12ClN3/c1-6-2-3-11-9(12-6)13-8-4-7(10)5-8/h2-3,7-8H,4-5H2,1H3,(H,11,12,13). The molecular formula is C9H12ClN3. The van der Waals surface area contributed by atoms with Crippen LogP contribution in [-0.4, -0.2) is 21.4 Å². The van der Waals surface area contributed by atoms with Crippen molar-refractivity contribution < 1.29 is 0 Å². The third-order valence-electron chi connectivity index (χ3n) is 2.21. The maximum Gasteiger partial charge on any atom is 0.223 e. The van der Waals surface area contributed by atoms with E-state index >= 15 is 0 Å². The van der Waals surface area contributed by atoms with Crippen LogP contribution in [0.15, 0.2) is 12.3 Å². The molecule has 1 heterocycles. The van der Waals surface area contributed by atoms with Crippen LogP contribution in [-0.2, 0) is 0 Å². The highest BCUT2D eigenvalue weighted by Gasteiger charge is 2.27. The largest absolute Gasteiger partial charge is 0.351 e. The summed E-state index contributed by atoms with van der Waals surface area (Å²) in [6.45, 7) is 1.96. The van der Waals surface area contributed by atoms with E-state index in [0.29, 0.717) is 17.4 Å². The first-order valence-electron chi connectivity index (χ1n) is 4.44. The van der Waals surface area contributed by atoms with Crippen molar-refractivity contribution in [1.82, 2.24) is 9.97 Å². The first kappa shape index (κ1) is 8.75. The second-order valence-electron chi connectivity index (χ2n) is 3.43. The maximum absolute atomic E-state index is 5.86. The molecule has 1 aliphatic rings. The zero-order chi connectivity index (χ0) is 9.26. The van der Waals surface area contributed by atoms with Gasteiger partial charge < -0.3 is 5.32 Å². The fourth-order valence-corrected chi connectivity index (χ4v) is 1.80. The van der Waals surface area contributed by atoms with Crippen LogP contribution in [0.25, 0.3) is 0 Å². The summed E-state index contributed by atoms with van der Waals surface area (Å²) in [5.74, 6) is 0.716.